The third-order valence-electron chi connectivity index (χ3n) is 3.20. The molecule has 1 aliphatic rings. The van der Waals surface area contributed by atoms with Crippen molar-refractivity contribution in [3.05, 3.63) is 0 Å². The van der Waals surface area contributed by atoms with Crippen molar-refractivity contribution in [2.75, 3.05) is 17.6 Å². The van der Waals surface area contributed by atoms with Crippen molar-refractivity contribution in [3.8, 4) is 6.01 Å². The molecule has 0 aliphatic heterocycles. The van der Waals surface area contributed by atoms with Crippen LogP contribution in [0.25, 0.3) is 0 Å². The average molecular weight is 251 g/mol. The quantitative estimate of drug-likeness (QED) is 0.828. The first-order chi connectivity index (χ1) is 8.37. The number of hydrogen-bond donors (Lipinski definition) is 2. The molecule has 18 heavy (non-hydrogen) atoms. The van der Waals surface area contributed by atoms with Crippen LogP contribution in [-0.2, 0) is 0 Å². The molecule has 0 amide bonds. The number of hydrogen-bond acceptors (Lipinski definition) is 6. The van der Waals surface area contributed by atoms with Crippen LogP contribution in [0.15, 0.2) is 0 Å². The number of nitrogens with two attached hydrogens (primary N) is 1. The van der Waals surface area contributed by atoms with Crippen LogP contribution in [0.5, 0.6) is 6.01 Å². The summed E-state index contributed by atoms with van der Waals surface area (Å²) in [6.07, 6.45) is 1.25. The Kier molecular flexibility index (Phi) is 3.28. The molecule has 0 spiro atoms. The number of rotatable bonds is 5. The van der Waals surface area contributed by atoms with Crippen LogP contribution in [0.3, 0.4) is 0 Å². The van der Waals surface area contributed by atoms with Gasteiger partial charge in [-0.05, 0) is 31.6 Å². The van der Waals surface area contributed by atoms with Crippen molar-refractivity contribution < 1.29 is 4.74 Å². The van der Waals surface area contributed by atoms with Gasteiger partial charge < -0.3 is 15.8 Å². The van der Waals surface area contributed by atoms with E-state index >= 15 is 0 Å². The summed E-state index contributed by atoms with van der Waals surface area (Å²) in [5, 5.41) is 3.19. The maximum absolute atomic E-state index is 5.63. The van der Waals surface area contributed by atoms with Crippen LogP contribution in [0.4, 0.5) is 11.9 Å². The van der Waals surface area contributed by atoms with E-state index in [4.69, 9.17) is 10.5 Å². The Morgan fingerprint density at radius 3 is 2.61 bits per heavy atom. The van der Waals surface area contributed by atoms with Gasteiger partial charge in [-0.2, -0.15) is 15.0 Å². The standard InChI is InChI=1S/C12H21N5O/c1-7(2)18-11-16-9(13)15-10(17-11)14-6-8-5-12(8,3)4/h7-8H,5-6H2,1-4H3,(H3,13,14,15,16,17). The summed E-state index contributed by atoms with van der Waals surface area (Å²) in [6.45, 7) is 9.21. The summed E-state index contributed by atoms with van der Waals surface area (Å²) in [5.41, 5.74) is 6.06. The van der Waals surface area contributed by atoms with Gasteiger partial charge >= 0.3 is 6.01 Å². The minimum absolute atomic E-state index is 0.0158. The second kappa shape index (κ2) is 4.59. The Labute approximate surface area is 107 Å². The first-order valence-corrected chi connectivity index (χ1v) is 6.29. The normalized spacial score (nSPS) is 20.8. The number of nitrogens with one attached hydrogen (secondary N) is 1. The van der Waals surface area contributed by atoms with E-state index in [0.29, 0.717) is 17.3 Å². The average Bonchev–Trinajstić information content (AvgIpc) is 2.81. The highest BCUT2D eigenvalue weighted by Crippen LogP contribution is 2.51. The number of ether oxygens (including phenoxy) is 1. The van der Waals surface area contributed by atoms with Crippen LogP contribution < -0.4 is 15.8 Å². The lowest BCUT2D eigenvalue weighted by Gasteiger charge is -2.10. The highest BCUT2D eigenvalue weighted by Gasteiger charge is 2.45. The smallest absolute Gasteiger partial charge is 0.323 e. The first kappa shape index (κ1) is 12.9. The molecular formula is C12H21N5O. The third kappa shape index (κ3) is 3.21. The summed E-state index contributed by atoms with van der Waals surface area (Å²) in [7, 11) is 0. The maximum atomic E-state index is 5.63. The maximum Gasteiger partial charge on any atom is 0.323 e. The molecule has 6 heteroatoms. The second-order valence-electron chi connectivity index (χ2n) is 5.74. The predicted molar refractivity (Wildman–Crippen MR) is 70.4 cm³/mol. The van der Waals surface area contributed by atoms with Crippen molar-refractivity contribution in [1.29, 1.82) is 0 Å². The highest BCUT2D eigenvalue weighted by atomic mass is 16.5. The molecule has 0 radical (unpaired) electrons. The molecule has 2 rings (SSSR count). The second-order valence-corrected chi connectivity index (χ2v) is 5.74. The van der Waals surface area contributed by atoms with Gasteiger partial charge in [-0.15, -0.1) is 0 Å². The SMILES string of the molecule is CC(C)Oc1nc(N)nc(NCC2CC2(C)C)n1. The lowest BCUT2D eigenvalue weighted by atomic mass is 10.1. The molecule has 1 saturated carbocycles. The molecule has 1 aliphatic carbocycles. The summed E-state index contributed by atoms with van der Waals surface area (Å²) >= 11 is 0. The number of anilines is 2. The Bertz CT molecular complexity index is 432. The molecular weight excluding hydrogens is 230 g/mol. The van der Waals surface area contributed by atoms with Gasteiger partial charge in [0.15, 0.2) is 0 Å². The predicted octanol–water partition coefficient (Wildman–Crippen LogP) is 1.70. The van der Waals surface area contributed by atoms with E-state index < -0.39 is 0 Å². The van der Waals surface area contributed by atoms with E-state index in [1.54, 1.807) is 0 Å². The molecule has 1 heterocycles. The fourth-order valence-corrected chi connectivity index (χ4v) is 1.85. The van der Waals surface area contributed by atoms with E-state index in [0.717, 1.165) is 6.54 Å². The van der Waals surface area contributed by atoms with Gasteiger partial charge in [0.05, 0.1) is 6.10 Å². The molecule has 0 aromatic carbocycles. The number of nitrogens with zero attached hydrogens (tertiary/aromatic N) is 3. The highest BCUT2D eigenvalue weighted by molar-refractivity contribution is 5.33. The molecule has 1 fully saturated rings. The third-order valence-corrected chi connectivity index (χ3v) is 3.20. The van der Waals surface area contributed by atoms with Gasteiger partial charge in [-0.1, -0.05) is 13.8 Å². The van der Waals surface area contributed by atoms with Gasteiger partial charge in [0.1, 0.15) is 0 Å². The van der Waals surface area contributed by atoms with Gasteiger partial charge in [0.2, 0.25) is 11.9 Å². The monoisotopic (exact) mass is 251 g/mol. The molecule has 0 bridgehead atoms. The summed E-state index contributed by atoms with van der Waals surface area (Å²) in [5.74, 6) is 1.34. The van der Waals surface area contributed by atoms with E-state index in [2.05, 4.69) is 34.1 Å². The molecule has 1 atom stereocenters. The van der Waals surface area contributed by atoms with Crippen LogP contribution in [0, 0.1) is 11.3 Å². The van der Waals surface area contributed by atoms with Gasteiger partial charge in [-0.3, -0.25) is 0 Å². The Hall–Kier alpha value is -1.59. The Morgan fingerprint density at radius 2 is 2.06 bits per heavy atom. The van der Waals surface area contributed by atoms with E-state index in [1.807, 2.05) is 13.8 Å². The van der Waals surface area contributed by atoms with Crippen LogP contribution >= 0.6 is 0 Å². The van der Waals surface area contributed by atoms with Crippen molar-refractivity contribution in [2.24, 2.45) is 11.3 Å². The molecule has 1 aromatic rings. The van der Waals surface area contributed by atoms with E-state index in [9.17, 15) is 0 Å². The van der Waals surface area contributed by atoms with Gasteiger partial charge in [0.25, 0.3) is 0 Å². The molecule has 100 valence electrons. The van der Waals surface area contributed by atoms with Gasteiger partial charge in [0, 0.05) is 6.54 Å². The topological polar surface area (TPSA) is 86.0 Å². The van der Waals surface area contributed by atoms with Crippen molar-refractivity contribution in [2.45, 2.75) is 40.2 Å². The van der Waals surface area contributed by atoms with Crippen LogP contribution in [0.2, 0.25) is 0 Å². The van der Waals surface area contributed by atoms with Gasteiger partial charge in [-0.25, -0.2) is 0 Å². The molecule has 6 nitrogen and oxygen atoms in total. The lowest BCUT2D eigenvalue weighted by Crippen LogP contribution is -2.14. The first-order valence-electron chi connectivity index (χ1n) is 6.29. The number of aromatic nitrogens is 3. The van der Waals surface area contributed by atoms with Crippen molar-refractivity contribution in [1.82, 2.24) is 15.0 Å². The number of nitrogen functional groups attached to an aromatic ring is 1. The summed E-state index contributed by atoms with van der Waals surface area (Å²) in [6, 6.07) is 0.273. The zero-order chi connectivity index (χ0) is 13.3. The van der Waals surface area contributed by atoms with Crippen molar-refractivity contribution in [3.63, 3.8) is 0 Å². The van der Waals surface area contributed by atoms with Crippen LogP contribution in [-0.4, -0.2) is 27.6 Å². The molecule has 1 aromatic heterocycles. The lowest BCUT2D eigenvalue weighted by molar-refractivity contribution is 0.222. The van der Waals surface area contributed by atoms with Crippen molar-refractivity contribution >= 4 is 11.9 Å². The molecule has 3 N–H and O–H groups in total. The zero-order valence-corrected chi connectivity index (χ0v) is 11.4. The Morgan fingerprint density at radius 1 is 1.39 bits per heavy atom. The zero-order valence-electron chi connectivity index (χ0n) is 11.4. The van der Waals surface area contributed by atoms with E-state index in [-0.39, 0.29) is 18.1 Å². The Balaban J connectivity index is 1.97. The summed E-state index contributed by atoms with van der Waals surface area (Å²) < 4.78 is 5.42. The molecule has 0 saturated heterocycles. The summed E-state index contributed by atoms with van der Waals surface area (Å²) in [4.78, 5) is 12.2. The molecule has 1 unspecified atom stereocenters. The largest absolute Gasteiger partial charge is 0.461 e. The minimum Gasteiger partial charge on any atom is -0.461 e. The minimum atomic E-state index is 0.0158. The fourth-order valence-electron chi connectivity index (χ4n) is 1.85. The van der Waals surface area contributed by atoms with E-state index in [1.165, 1.54) is 6.42 Å². The fraction of sp³-hybridized carbons (Fsp3) is 0.750. The van der Waals surface area contributed by atoms with Crippen LogP contribution in [0.1, 0.15) is 34.1 Å².